The van der Waals surface area contributed by atoms with E-state index in [1.807, 2.05) is 20.8 Å². The normalized spacial score (nSPS) is 12.7. The lowest BCUT2D eigenvalue weighted by Gasteiger charge is -2.20. The van der Waals surface area contributed by atoms with Crippen molar-refractivity contribution < 1.29 is 13.2 Å². The molecule has 2 aromatic heterocycles. The number of aryl methyl sites for hydroxylation is 1. The van der Waals surface area contributed by atoms with Crippen LogP contribution < -0.4 is 5.56 Å². The van der Waals surface area contributed by atoms with Gasteiger partial charge in [0.1, 0.15) is 5.52 Å². The quantitative estimate of drug-likeness (QED) is 0.696. The van der Waals surface area contributed by atoms with Crippen LogP contribution in [0.2, 0.25) is 0 Å². The number of hydrogen-bond donors (Lipinski definition) is 0. The Morgan fingerprint density at radius 2 is 1.69 bits per heavy atom. The Balaban J connectivity index is 2.06. The first kappa shape index (κ1) is 18.2. The van der Waals surface area contributed by atoms with Crippen molar-refractivity contribution >= 4 is 10.9 Å². The van der Waals surface area contributed by atoms with Crippen LogP contribution in [-0.4, -0.2) is 19.6 Å². The van der Waals surface area contributed by atoms with Gasteiger partial charge in [0, 0.05) is 5.39 Å². The summed E-state index contributed by atoms with van der Waals surface area (Å²) < 4.78 is 41.0. The van der Waals surface area contributed by atoms with Crippen molar-refractivity contribution in [2.75, 3.05) is 0 Å². The van der Waals surface area contributed by atoms with Gasteiger partial charge in [0.25, 0.3) is 5.56 Å². The van der Waals surface area contributed by atoms with Crippen molar-refractivity contribution in [3.8, 4) is 0 Å². The van der Waals surface area contributed by atoms with Crippen molar-refractivity contribution in [3.63, 3.8) is 0 Å². The lowest BCUT2D eigenvalue weighted by molar-refractivity contribution is -0.137. The van der Waals surface area contributed by atoms with E-state index in [0.717, 1.165) is 12.1 Å². The van der Waals surface area contributed by atoms with E-state index in [4.69, 9.17) is 0 Å². The van der Waals surface area contributed by atoms with Crippen LogP contribution in [0.4, 0.5) is 13.2 Å². The molecule has 0 aliphatic carbocycles. The van der Waals surface area contributed by atoms with Crippen LogP contribution in [0.3, 0.4) is 0 Å². The van der Waals surface area contributed by atoms with E-state index >= 15 is 0 Å². The van der Waals surface area contributed by atoms with Crippen LogP contribution in [0.15, 0.2) is 35.3 Å². The molecule has 26 heavy (non-hydrogen) atoms. The standard InChI is InChI=1S/C18H19F3N4O/c1-11-14-9-22-25(17(2,3)4)15(14)16(26)24(23-11)10-12-5-7-13(8-6-12)18(19,20)21/h5-9H,10H2,1-4H3. The maximum absolute atomic E-state index is 12.9. The summed E-state index contributed by atoms with van der Waals surface area (Å²) in [5.41, 5.74) is 0.213. The maximum Gasteiger partial charge on any atom is 0.416 e. The minimum atomic E-state index is -4.39. The lowest BCUT2D eigenvalue weighted by atomic mass is 10.1. The molecule has 0 saturated carbocycles. The fraction of sp³-hybridized carbons (Fsp3) is 0.389. The van der Waals surface area contributed by atoms with E-state index in [9.17, 15) is 18.0 Å². The Bertz CT molecular complexity index is 1010. The number of rotatable bonds is 2. The molecule has 0 spiro atoms. The summed E-state index contributed by atoms with van der Waals surface area (Å²) in [6, 6.07) is 4.73. The summed E-state index contributed by atoms with van der Waals surface area (Å²) in [7, 11) is 0. The van der Waals surface area contributed by atoms with Gasteiger partial charge in [-0.15, -0.1) is 0 Å². The van der Waals surface area contributed by atoms with E-state index in [0.29, 0.717) is 22.2 Å². The van der Waals surface area contributed by atoms with Gasteiger partial charge in [0.05, 0.1) is 29.5 Å². The second kappa shape index (κ2) is 5.96. The van der Waals surface area contributed by atoms with E-state index in [1.165, 1.54) is 16.8 Å². The summed E-state index contributed by atoms with van der Waals surface area (Å²) in [4.78, 5) is 12.9. The Morgan fingerprint density at radius 3 is 2.23 bits per heavy atom. The fourth-order valence-electron chi connectivity index (χ4n) is 2.81. The molecule has 0 fully saturated rings. The molecule has 0 unspecified atom stereocenters. The Morgan fingerprint density at radius 1 is 1.08 bits per heavy atom. The second-order valence-corrected chi connectivity index (χ2v) is 7.23. The molecule has 0 aliphatic rings. The third-order valence-corrected chi connectivity index (χ3v) is 4.12. The molecule has 0 saturated heterocycles. The predicted molar refractivity (Wildman–Crippen MR) is 92.1 cm³/mol. The Labute approximate surface area is 148 Å². The third kappa shape index (κ3) is 3.23. The highest BCUT2D eigenvalue weighted by Gasteiger charge is 2.30. The summed E-state index contributed by atoms with van der Waals surface area (Å²) in [6.45, 7) is 7.68. The number of nitrogens with zero attached hydrogens (tertiary/aromatic N) is 4. The van der Waals surface area contributed by atoms with Crippen molar-refractivity contribution in [1.82, 2.24) is 19.6 Å². The third-order valence-electron chi connectivity index (χ3n) is 4.12. The average molecular weight is 364 g/mol. The van der Waals surface area contributed by atoms with Gasteiger partial charge in [-0.3, -0.25) is 9.48 Å². The van der Waals surface area contributed by atoms with E-state index in [2.05, 4.69) is 10.2 Å². The Hall–Kier alpha value is -2.64. The summed E-state index contributed by atoms with van der Waals surface area (Å²) >= 11 is 0. The summed E-state index contributed by atoms with van der Waals surface area (Å²) in [5.74, 6) is 0. The average Bonchev–Trinajstić information content (AvgIpc) is 2.98. The topological polar surface area (TPSA) is 52.7 Å². The molecule has 2 heterocycles. The number of fused-ring (bicyclic) bond motifs is 1. The van der Waals surface area contributed by atoms with Gasteiger partial charge in [-0.05, 0) is 45.4 Å². The zero-order chi connectivity index (χ0) is 19.3. The summed E-state index contributed by atoms with van der Waals surface area (Å²) in [6.07, 6.45) is -2.77. The van der Waals surface area contributed by atoms with Gasteiger partial charge in [-0.2, -0.15) is 23.4 Å². The molecule has 0 bridgehead atoms. The van der Waals surface area contributed by atoms with Crippen molar-refractivity contribution in [3.05, 3.63) is 57.6 Å². The lowest BCUT2D eigenvalue weighted by Crippen LogP contribution is -2.31. The van der Waals surface area contributed by atoms with Gasteiger partial charge in [-0.1, -0.05) is 12.1 Å². The second-order valence-electron chi connectivity index (χ2n) is 7.23. The van der Waals surface area contributed by atoms with Crippen LogP contribution in [0.1, 0.15) is 37.6 Å². The largest absolute Gasteiger partial charge is 0.416 e. The first-order valence-corrected chi connectivity index (χ1v) is 8.10. The number of halogens is 3. The van der Waals surface area contributed by atoms with Crippen molar-refractivity contribution in [2.45, 2.75) is 46.0 Å². The maximum atomic E-state index is 12.9. The van der Waals surface area contributed by atoms with Crippen molar-refractivity contribution in [1.29, 1.82) is 0 Å². The predicted octanol–water partition coefficient (Wildman–Crippen LogP) is 3.72. The Kier molecular flexibility index (Phi) is 4.17. The molecule has 0 N–H and O–H groups in total. The SMILES string of the molecule is Cc1nn(Cc2ccc(C(F)(F)F)cc2)c(=O)c2c1cnn2C(C)(C)C. The highest BCUT2D eigenvalue weighted by Crippen LogP contribution is 2.29. The molecule has 0 radical (unpaired) electrons. The van der Waals surface area contributed by atoms with E-state index < -0.39 is 11.7 Å². The molecular weight excluding hydrogens is 345 g/mol. The smallest absolute Gasteiger partial charge is 0.265 e. The molecule has 3 rings (SSSR count). The highest BCUT2D eigenvalue weighted by atomic mass is 19.4. The monoisotopic (exact) mass is 364 g/mol. The first-order valence-electron chi connectivity index (χ1n) is 8.10. The van der Waals surface area contributed by atoms with E-state index in [1.54, 1.807) is 17.8 Å². The van der Waals surface area contributed by atoms with Crippen molar-refractivity contribution in [2.24, 2.45) is 0 Å². The van der Waals surface area contributed by atoms with Crippen LogP contribution in [0.25, 0.3) is 10.9 Å². The minimum absolute atomic E-state index is 0.0864. The molecular formula is C18H19F3N4O. The van der Waals surface area contributed by atoms with Crippen LogP contribution >= 0.6 is 0 Å². The highest BCUT2D eigenvalue weighted by molar-refractivity contribution is 5.79. The fourth-order valence-corrected chi connectivity index (χ4v) is 2.81. The molecule has 1 aromatic carbocycles. The van der Waals surface area contributed by atoms with Gasteiger partial charge < -0.3 is 0 Å². The zero-order valence-corrected chi connectivity index (χ0v) is 14.9. The molecule has 0 amide bonds. The molecule has 3 aromatic rings. The summed E-state index contributed by atoms with van der Waals surface area (Å²) in [5, 5.41) is 9.28. The van der Waals surface area contributed by atoms with Gasteiger partial charge >= 0.3 is 6.18 Å². The first-order chi connectivity index (χ1) is 12.0. The number of alkyl halides is 3. The minimum Gasteiger partial charge on any atom is -0.265 e. The molecule has 0 aliphatic heterocycles. The van der Waals surface area contributed by atoms with Gasteiger partial charge in [0.15, 0.2) is 0 Å². The van der Waals surface area contributed by atoms with Gasteiger partial charge in [0.2, 0.25) is 0 Å². The molecule has 138 valence electrons. The molecule has 5 nitrogen and oxygen atoms in total. The van der Waals surface area contributed by atoms with E-state index in [-0.39, 0.29) is 17.6 Å². The van der Waals surface area contributed by atoms with Crippen LogP contribution in [-0.2, 0) is 18.3 Å². The van der Waals surface area contributed by atoms with Crippen LogP contribution in [0.5, 0.6) is 0 Å². The van der Waals surface area contributed by atoms with Gasteiger partial charge in [-0.25, -0.2) is 4.68 Å². The van der Waals surface area contributed by atoms with Crippen LogP contribution in [0, 0.1) is 6.92 Å². The number of benzene rings is 1. The molecule has 8 heteroatoms. The number of hydrogen-bond acceptors (Lipinski definition) is 3. The zero-order valence-electron chi connectivity index (χ0n) is 14.9. The number of aromatic nitrogens is 4. The molecule has 0 atom stereocenters.